The molecule has 7 heteroatoms. The number of hydrogen-bond acceptors (Lipinski definition) is 3. The predicted octanol–water partition coefficient (Wildman–Crippen LogP) is 3.43. The third kappa shape index (κ3) is 4.74. The minimum Gasteiger partial charge on any atom is -0.355 e. The summed E-state index contributed by atoms with van der Waals surface area (Å²) < 4.78 is 26.7. The number of fused-ring (bicyclic) bond motifs is 1. The van der Waals surface area contributed by atoms with Gasteiger partial charge in [0.2, 0.25) is 5.91 Å². The van der Waals surface area contributed by atoms with Gasteiger partial charge in [-0.15, -0.1) is 0 Å². The molecular weight excluding hydrogens is 386 g/mol. The second kappa shape index (κ2) is 9.17. The Labute approximate surface area is 173 Å². The lowest BCUT2D eigenvalue weighted by Gasteiger charge is -2.23. The van der Waals surface area contributed by atoms with Crippen molar-refractivity contribution in [3.05, 3.63) is 89.0 Å². The molecule has 1 aromatic heterocycles. The molecule has 0 fully saturated rings. The van der Waals surface area contributed by atoms with E-state index >= 15 is 0 Å². The monoisotopic (exact) mass is 410 g/mol. The van der Waals surface area contributed by atoms with E-state index in [-0.39, 0.29) is 29.5 Å². The Hall–Kier alpha value is -3.06. The van der Waals surface area contributed by atoms with Crippen LogP contribution in [0, 0.1) is 11.6 Å². The van der Waals surface area contributed by atoms with Crippen LogP contribution >= 0.6 is 0 Å². The zero-order valence-corrected chi connectivity index (χ0v) is 16.5. The smallest absolute Gasteiger partial charge is 0.237 e. The van der Waals surface area contributed by atoms with Crippen LogP contribution in [0.15, 0.2) is 54.9 Å². The van der Waals surface area contributed by atoms with Crippen LogP contribution in [-0.2, 0) is 17.8 Å². The molecule has 0 saturated carbocycles. The standard InChI is InChI=1S/C23H24F2N4O/c24-17-7-3-15(4-8-17)19(16-5-9-18(25)10-6-16)2-1-11-26-23(30)21-12-20-22(13-27-21)29-14-28-20/h3-10,14,19,21,27H,1-2,11-13H2,(H,26,30)(H,28,29)/t21-/m0/s1. The van der Waals surface area contributed by atoms with Crippen molar-refractivity contribution in [3.63, 3.8) is 0 Å². The van der Waals surface area contributed by atoms with Crippen molar-refractivity contribution in [3.8, 4) is 0 Å². The van der Waals surface area contributed by atoms with E-state index in [1.54, 1.807) is 30.6 Å². The van der Waals surface area contributed by atoms with Gasteiger partial charge in [0.05, 0.1) is 23.8 Å². The maximum Gasteiger partial charge on any atom is 0.237 e. The molecule has 0 radical (unpaired) electrons. The van der Waals surface area contributed by atoms with Gasteiger partial charge in [-0.1, -0.05) is 24.3 Å². The number of nitrogens with one attached hydrogen (secondary N) is 3. The second-order valence-corrected chi connectivity index (χ2v) is 7.55. The van der Waals surface area contributed by atoms with E-state index in [9.17, 15) is 13.6 Å². The number of halogens is 2. The van der Waals surface area contributed by atoms with Crippen LogP contribution in [0.1, 0.15) is 41.3 Å². The van der Waals surface area contributed by atoms with Crippen molar-refractivity contribution in [2.24, 2.45) is 0 Å². The number of imidazole rings is 1. The fourth-order valence-electron chi connectivity index (χ4n) is 3.91. The van der Waals surface area contributed by atoms with Gasteiger partial charge in [0, 0.05) is 25.4 Å². The van der Waals surface area contributed by atoms with Crippen LogP contribution in [0.5, 0.6) is 0 Å². The molecule has 30 heavy (non-hydrogen) atoms. The van der Waals surface area contributed by atoms with Gasteiger partial charge in [-0.25, -0.2) is 13.8 Å². The number of aromatic nitrogens is 2. The maximum absolute atomic E-state index is 13.3. The average molecular weight is 410 g/mol. The van der Waals surface area contributed by atoms with Crippen molar-refractivity contribution in [1.29, 1.82) is 0 Å². The van der Waals surface area contributed by atoms with Gasteiger partial charge in [-0.2, -0.15) is 0 Å². The van der Waals surface area contributed by atoms with Gasteiger partial charge >= 0.3 is 0 Å². The molecular formula is C23H24F2N4O. The van der Waals surface area contributed by atoms with E-state index in [1.807, 2.05) is 0 Å². The third-order valence-corrected chi connectivity index (χ3v) is 5.56. The Morgan fingerprint density at radius 3 is 2.33 bits per heavy atom. The number of nitrogens with zero attached hydrogens (tertiary/aromatic N) is 1. The van der Waals surface area contributed by atoms with Crippen LogP contribution in [0.4, 0.5) is 8.78 Å². The molecule has 156 valence electrons. The molecule has 1 amide bonds. The number of carbonyl (C=O) groups excluding carboxylic acids is 1. The summed E-state index contributed by atoms with van der Waals surface area (Å²) in [6.07, 6.45) is 3.71. The lowest BCUT2D eigenvalue weighted by atomic mass is 9.87. The topological polar surface area (TPSA) is 69.8 Å². The summed E-state index contributed by atoms with van der Waals surface area (Å²) in [6, 6.07) is 12.5. The van der Waals surface area contributed by atoms with Gasteiger partial charge in [0.25, 0.3) is 0 Å². The Bertz CT molecular complexity index is 940. The van der Waals surface area contributed by atoms with E-state index in [1.165, 1.54) is 24.3 Å². The SMILES string of the molecule is O=C(NCCCC(c1ccc(F)cc1)c1ccc(F)cc1)[C@@H]1Cc2nc[nH]c2CN1. The molecule has 0 spiro atoms. The lowest BCUT2D eigenvalue weighted by molar-refractivity contribution is -0.123. The normalized spacial score (nSPS) is 15.8. The zero-order valence-electron chi connectivity index (χ0n) is 16.5. The van der Waals surface area contributed by atoms with Gasteiger partial charge < -0.3 is 10.3 Å². The molecule has 1 atom stereocenters. The molecule has 1 aliphatic heterocycles. The summed E-state index contributed by atoms with van der Waals surface area (Å²) in [7, 11) is 0. The largest absolute Gasteiger partial charge is 0.355 e. The van der Waals surface area contributed by atoms with E-state index in [0.29, 0.717) is 19.5 Å². The Morgan fingerprint density at radius 2 is 1.70 bits per heavy atom. The van der Waals surface area contributed by atoms with Crippen LogP contribution in [0.2, 0.25) is 0 Å². The van der Waals surface area contributed by atoms with Crippen molar-refractivity contribution < 1.29 is 13.6 Å². The molecule has 4 rings (SSSR count). The number of H-pyrrole nitrogens is 1. The molecule has 5 nitrogen and oxygen atoms in total. The first-order valence-electron chi connectivity index (χ1n) is 10.1. The van der Waals surface area contributed by atoms with E-state index in [2.05, 4.69) is 20.6 Å². The van der Waals surface area contributed by atoms with E-state index in [4.69, 9.17) is 0 Å². The van der Waals surface area contributed by atoms with Crippen LogP contribution in [0.25, 0.3) is 0 Å². The highest BCUT2D eigenvalue weighted by molar-refractivity contribution is 5.82. The molecule has 2 heterocycles. The zero-order chi connectivity index (χ0) is 20.9. The average Bonchev–Trinajstić information content (AvgIpc) is 3.23. The maximum atomic E-state index is 13.3. The molecule has 0 saturated heterocycles. The van der Waals surface area contributed by atoms with Crippen molar-refractivity contribution in [2.45, 2.75) is 37.8 Å². The third-order valence-electron chi connectivity index (χ3n) is 5.56. The van der Waals surface area contributed by atoms with E-state index < -0.39 is 0 Å². The van der Waals surface area contributed by atoms with Crippen molar-refractivity contribution in [2.75, 3.05) is 6.54 Å². The van der Waals surface area contributed by atoms with E-state index in [0.717, 1.165) is 35.4 Å². The first kappa shape index (κ1) is 20.2. The first-order chi connectivity index (χ1) is 14.6. The number of aromatic amines is 1. The van der Waals surface area contributed by atoms with Gasteiger partial charge in [0.15, 0.2) is 0 Å². The summed E-state index contributed by atoms with van der Waals surface area (Å²) in [5.74, 6) is -0.612. The summed E-state index contributed by atoms with van der Waals surface area (Å²) in [5, 5.41) is 6.21. The highest BCUT2D eigenvalue weighted by atomic mass is 19.1. The van der Waals surface area contributed by atoms with Gasteiger partial charge in [-0.3, -0.25) is 10.1 Å². The van der Waals surface area contributed by atoms with Crippen LogP contribution in [-0.4, -0.2) is 28.5 Å². The quantitative estimate of drug-likeness (QED) is 0.523. The fourth-order valence-corrected chi connectivity index (χ4v) is 3.91. The minimum absolute atomic E-state index is 0.00233. The number of rotatable bonds is 7. The summed E-state index contributed by atoms with van der Waals surface area (Å²) in [5.41, 5.74) is 3.89. The summed E-state index contributed by atoms with van der Waals surface area (Å²) in [4.78, 5) is 19.8. The van der Waals surface area contributed by atoms with Crippen molar-refractivity contribution in [1.82, 2.24) is 20.6 Å². The highest BCUT2D eigenvalue weighted by Crippen LogP contribution is 2.29. The number of carbonyl (C=O) groups is 1. The molecule has 3 aromatic rings. The Balaban J connectivity index is 1.34. The lowest BCUT2D eigenvalue weighted by Crippen LogP contribution is -2.47. The summed E-state index contributed by atoms with van der Waals surface area (Å²) in [6.45, 7) is 1.13. The Morgan fingerprint density at radius 1 is 1.07 bits per heavy atom. The predicted molar refractivity (Wildman–Crippen MR) is 110 cm³/mol. The summed E-state index contributed by atoms with van der Waals surface area (Å²) >= 11 is 0. The van der Waals surface area contributed by atoms with Gasteiger partial charge in [-0.05, 0) is 48.2 Å². The molecule has 0 unspecified atom stereocenters. The second-order valence-electron chi connectivity index (χ2n) is 7.55. The highest BCUT2D eigenvalue weighted by Gasteiger charge is 2.25. The number of benzene rings is 2. The van der Waals surface area contributed by atoms with Gasteiger partial charge in [0.1, 0.15) is 11.6 Å². The number of amides is 1. The molecule has 2 aromatic carbocycles. The molecule has 0 bridgehead atoms. The molecule has 1 aliphatic rings. The van der Waals surface area contributed by atoms with Crippen LogP contribution in [0.3, 0.4) is 0 Å². The molecule has 0 aliphatic carbocycles. The number of hydrogen-bond donors (Lipinski definition) is 3. The Kier molecular flexibility index (Phi) is 6.18. The molecule has 3 N–H and O–H groups in total. The first-order valence-corrected chi connectivity index (χ1v) is 10.1. The van der Waals surface area contributed by atoms with Crippen LogP contribution < -0.4 is 10.6 Å². The minimum atomic E-state index is -0.288. The van der Waals surface area contributed by atoms with Crippen molar-refractivity contribution >= 4 is 5.91 Å². The fraction of sp³-hybridized carbons (Fsp3) is 0.304.